The van der Waals surface area contributed by atoms with Gasteiger partial charge in [-0.1, -0.05) is 25.0 Å². The van der Waals surface area contributed by atoms with E-state index < -0.39 is 0 Å². The highest BCUT2D eigenvalue weighted by Gasteiger charge is 2.00. The minimum atomic E-state index is 0.386. The molecule has 0 N–H and O–H groups in total. The number of rotatable bonds is 3. The summed E-state index contributed by atoms with van der Waals surface area (Å²) >= 11 is 0. The first kappa shape index (κ1) is 10.3. The Labute approximate surface area is 70.7 Å². The Bertz CT molecular complexity index is 179. The molecule has 1 atom stereocenters. The van der Waals surface area contributed by atoms with E-state index in [2.05, 4.69) is 33.6 Å². The van der Waals surface area contributed by atoms with Crippen molar-refractivity contribution < 1.29 is 0 Å². The zero-order valence-corrected chi connectivity index (χ0v) is 8.07. The Hall–Kier alpha value is -0.700. The van der Waals surface area contributed by atoms with E-state index >= 15 is 0 Å². The normalized spacial score (nSPS) is 15.2. The van der Waals surface area contributed by atoms with Crippen LogP contribution in [0.5, 0.6) is 0 Å². The van der Waals surface area contributed by atoms with Gasteiger partial charge in [0, 0.05) is 5.92 Å². The molecule has 0 fully saturated rings. The van der Waals surface area contributed by atoms with Crippen molar-refractivity contribution in [2.24, 2.45) is 5.92 Å². The van der Waals surface area contributed by atoms with Gasteiger partial charge in [-0.15, -0.1) is 12.3 Å². The first-order chi connectivity index (χ1) is 5.11. The SMILES string of the molecule is C#CC(C)CC(C)=C(C)CC. The predicted molar refractivity (Wildman–Crippen MR) is 51.3 cm³/mol. The smallest absolute Gasteiger partial charge is 0.0209 e. The second-order valence-electron chi connectivity index (χ2n) is 3.19. The molecule has 0 aliphatic carbocycles. The summed E-state index contributed by atoms with van der Waals surface area (Å²) in [6.45, 7) is 8.62. The van der Waals surface area contributed by atoms with Gasteiger partial charge in [0.25, 0.3) is 0 Å². The molecule has 0 aliphatic heterocycles. The van der Waals surface area contributed by atoms with E-state index in [4.69, 9.17) is 6.42 Å². The van der Waals surface area contributed by atoms with Crippen LogP contribution < -0.4 is 0 Å². The van der Waals surface area contributed by atoms with Gasteiger partial charge in [0.1, 0.15) is 0 Å². The average molecular weight is 150 g/mol. The van der Waals surface area contributed by atoms with Crippen molar-refractivity contribution >= 4 is 0 Å². The molecule has 0 amide bonds. The van der Waals surface area contributed by atoms with Gasteiger partial charge in [-0.2, -0.15) is 0 Å². The third kappa shape index (κ3) is 3.88. The second-order valence-corrected chi connectivity index (χ2v) is 3.19. The quantitative estimate of drug-likeness (QED) is 0.427. The van der Waals surface area contributed by atoms with Gasteiger partial charge in [0.15, 0.2) is 0 Å². The van der Waals surface area contributed by atoms with Crippen molar-refractivity contribution in [3.63, 3.8) is 0 Å². The highest BCUT2D eigenvalue weighted by Crippen LogP contribution is 2.15. The van der Waals surface area contributed by atoms with E-state index in [1.54, 1.807) is 0 Å². The fourth-order valence-corrected chi connectivity index (χ4v) is 0.994. The first-order valence-corrected chi connectivity index (χ1v) is 4.23. The van der Waals surface area contributed by atoms with Crippen molar-refractivity contribution in [1.29, 1.82) is 0 Å². The number of hydrogen-bond acceptors (Lipinski definition) is 0. The van der Waals surface area contributed by atoms with Gasteiger partial charge in [-0.25, -0.2) is 0 Å². The van der Waals surface area contributed by atoms with E-state index in [1.807, 2.05) is 0 Å². The zero-order chi connectivity index (χ0) is 8.85. The van der Waals surface area contributed by atoms with Gasteiger partial charge in [0.05, 0.1) is 0 Å². The maximum absolute atomic E-state index is 5.29. The zero-order valence-electron chi connectivity index (χ0n) is 8.07. The summed E-state index contributed by atoms with van der Waals surface area (Å²) in [4.78, 5) is 0. The van der Waals surface area contributed by atoms with Crippen LogP contribution >= 0.6 is 0 Å². The molecule has 0 aromatic rings. The van der Waals surface area contributed by atoms with Crippen LogP contribution in [0.2, 0.25) is 0 Å². The topological polar surface area (TPSA) is 0 Å². The molecule has 0 radical (unpaired) electrons. The summed E-state index contributed by atoms with van der Waals surface area (Å²) in [5, 5.41) is 0. The lowest BCUT2D eigenvalue weighted by atomic mass is 9.98. The molecule has 0 spiro atoms. The molecular weight excluding hydrogens is 132 g/mol. The van der Waals surface area contributed by atoms with E-state index in [0.717, 1.165) is 12.8 Å². The Balaban J connectivity index is 4.07. The van der Waals surface area contributed by atoms with E-state index in [-0.39, 0.29) is 0 Å². The molecule has 0 aliphatic rings. The van der Waals surface area contributed by atoms with Gasteiger partial charge in [-0.05, 0) is 26.7 Å². The van der Waals surface area contributed by atoms with Gasteiger partial charge >= 0.3 is 0 Å². The van der Waals surface area contributed by atoms with Crippen molar-refractivity contribution in [2.45, 2.75) is 40.5 Å². The van der Waals surface area contributed by atoms with Crippen LogP contribution in [0.15, 0.2) is 11.1 Å². The molecule has 0 nitrogen and oxygen atoms in total. The van der Waals surface area contributed by atoms with Gasteiger partial charge in [0.2, 0.25) is 0 Å². The molecule has 0 heteroatoms. The highest BCUT2D eigenvalue weighted by atomic mass is 14.0. The van der Waals surface area contributed by atoms with Crippen molar-refractivity contribution in [1.82, 2.24) is 0 Å². The monoisotopic (exact) mass is 150 g/mol. The lowest BCUT2D eigenvalue weighted by Gasteiger charge is -2.07. The van der Waals surface area contributed by atoms with Crippen molar-refractivity contribution in [3.05, 3.63) is 11.1 Å². The lowest BCUT2D eigenvalue weighted by Crippen LogP contribution is -1.92. The largest absolute Gasteiger partial charge is 0.120 e. The lowest BCUT2D eigenvalue weighted by molar-refractivity contribution is 0.732. The summed E-state index contributed by atoms with van der Waals surface area (Å²) in [6, 6.07) is 0. The van der Waals surface area contributed by atoms with Crippen molar-refractivity contribution in [2.75, 3.05) is 0 Å². The van der Waals surface area contributed by atoms with Crippen LogP contribution in [-0.2, 0) is 0 Å². The minimum absolute atomic E-state index is 0.386. The van der Waals surface area contributed by atoms with Gasteiger partial charge in [-0.3, -0.25) is 0 Å². The predicted octanol–water partition coefficient (Wildman–Crippen LogP) is 3.39. The molecule has 1 unspecified atom stereocenters. The molecule has 0 saturated heterocycles. The number of hydrogen-bond donors (Lipinski definition) is 0. The Morgan fingerprint density at radius 2 is 1.91 bits per heavy atom. The maximum atomic E-state index is 5.29. The average Bonchev–Trinajstić information content (AvgIpc) is 2.02. The Kier molecular flexibility index (Phi) is 4.70. The third-order valence-corrected chi connectivity index (χ3v) is 2.16. The second kappa shape index (κ2) is 5.02. The highest BCUT2D eigenvalue weighted by molar-refractivity contribution is 5.11. The summed E-state index contributed by atoms with van der Waals surface area (Å²) in [7, 11) is 0. The summed E-state index contributed by atoms with van der Waals surface area (Å²) < 4.78 is 0. The number of allylic oxidation sites excluding steroid dienone is 2. The first-order valence-electron chi connectivity index (χ1n) is 4.23. The fraction of sp³-hybridized carbons (Fsp3) is 0.636. The fourth-order valence-electron chi connectivity index (χ4n) is 0.994. The molecular formula is C11H18. The third-order valence-electron chi connectivity index (χ3n) is 2.16. The summed E-state index contributed by atoms with van der Waals surface area (Å²) in [5.41, 5.74) is 2.94. The Morgan fingerprint density at radius 3 is 2.27 bits per heavy atom. The van der Waals surface area contributed by atoms with E-state index in [1.165, 1.54) is 11.1 Å². The molecule has 0 aromatic heterocycles. The summed E-state index contributed by atoms with van der Waals surface area (Å²) in [6.07, 6.45) is 7.48. The summed E-state index contributed by atoms with van der Waals surface area (Å²) in [5.74, 6) is 3.13. The minimum Gasteiger partial charge on any atom is -0.120 e. The van der Waals surface area contributed by atoms with Crippen LogP contribution in [0.25, 0.3) is 0 Å². The van der Waals surface area contributed by atoms with Crippen LogP contribution in [0, 0.1) is 18.3 Å². The Morgan fingerprint density at radius 1 is 1.36 bits per heavy atom. The maximum Gasteiger partial charge on any atom is 0.0209 e. The molecule has 0 heterocycles. The molecule has 0 saturated carbocycles. The van der Waals surface area contributed by atoms with Crippen molar-refractivity contribution in [3.8, 4) is 12.3 Å². The molecule has 62 valence electrons. The van der Waals surface area contributed by atoms with Crippen LogP contribution in [-0.4, -0.2) is 0 Å². The number of terminal acetylenes is 1. The van der Waals surface area contributed by atoms with Gasteiger partial charge < -0.3 is 0 Å². The van der Waals surface area contributed by atoms with E-state index in [9.17, 15) is 0 Å². The molecule has 0 bridgehead atoms. The molecule has 11 heavy (non-hydrogen) atoms. The van der Waals surface area contributed by atoms with Crippen LogP contribution in [0.4, 0.5) is 0 Å². The van der Waals surface area contributed by atoms with E-state index in [0.29, 0.717) is 5.92 Å². The van der Waals surface area contributed by atoms with Crippen LogP contribution in [0.3, 0.4) is 0 Å². The molecule has 0 aromatic carbocycles. The molecule has 0 rings (SSSR count). The standard InChI is InChI=1S/C11H18/c1-6-9(3)8-11(5)10(4)7-2/h1,9H,7-8H2,2-5H3. The van der Waals surface area contributed by atoms with Crippen LogP contribution in [0.1, 0.15) is 40.5 Å².